The highest BCUT2D eigenvalue weighted by atomic mass is 16.6. The summed E-state index contributed by atoms with van der Waals surface area (Å²) in [7, 11) is 0. The average Bonchev–Trinajstić information content (AvgIpc) is 2.78. The third-order valence-electron chi connectivity index (χ3n) is 2.62. The molecule has 0 saturated heterocycles. The summed E-state index contributed by atoms with van der Waals surface area (Å²) in [6.07, 6.45) is 0. The second-order valence-corrected chi connectivity index (χ2v) is 3.77. The molecule has 0 bridgehead atoms. The summed E-state index contributed by atoms with van der Waals surface area (Å²) in [4.78, 5) is 16.4. The van der Waals surface area contributed by atoms with Crippen molar-refractivity contribution < 1.29 is 9.34 Å². The molecule has 0 aliphatic heterocycles. The molecule has 0 unspecified atom stereocenters. The quantitative estimate of drug-likeness (QED) is 0.638. The molecule has 0 amide bonds. The highest BCUT2D eigenvalue weighted by Crippen LogP contribution is 2.25. The molecule has 0 fully saturated rings. The second-order valence-electron chi connectivity index (χ2n) is 3.77. The van der Waals surface area contributed by atoms with Crippen LogP contribution in [0, 0.1) is 10.1 Å². The molecule has 1 aromatic heterocycles. The Morgan fingerprint density at radius 2 is 2.33 bits per heavy atom. The number of nitrogens with two attached hydrogens (primary N) is 1. The maximum Gasteiger partial charge on any atom is 0.298 e. The van der Waals surface area contributed by atoms with Crippen molar-refractivity contribution in [1.29, 1.82) is 0 Å². The lowest BCUT2D eigenvalue weighted by Crippen LogP contribution is -2.29. The molecule has 0 aliphatic rings. The predicted molar refractivity (Wildman–Crippen MR) is 67.6 cm³/mol. The van der Waals surface area contributed by atoms with Gasteiger partial charge in [-0.05, 0) is 13.0 Å². The highest BCUT2D eigenvalue weighted by Gasteiger charge is 2.14. The molecule has 0 saturated carbocycles. The van der Waals surface area contributed by atoms with Crippen molar-refractivity contribution in [1.82, 2.24) is 4.98 Å². The lowest BCUT2D eigenvalue weighted by Gasteiger charge is -2.16. The Bertz CT molecular complexity index is 566. The molecule has 2 rings (SSSR count). The van der Waals surface area contributed by atoms with E-state index in [1.54, 1.807) is 6.07 Å². The predicted octanol–water partition coefficient (Wildman–Crippen LogP) is 1.52. The van der Waals surface area contributed by atoms with Crippen molar-refractivity contribution in [3.63, 3.8) is 0 Å². The lowest BCUT2D eigenvalue weighted by molar-refractivity contribution is -0.384. The first kappa shape index (κ1) is 12.3. The summed E-state index contributed by atoms with van der Waals surface area (Å²) in [5, 5.41) is 10.7. The van der Waals surface area contributed by atoms with Gasteiger partial charge < -0.3 is 15.1 Å². The molecule has 18 heavy (non-hydrogen) atoms. The molecule has 96 valence electrons. The number of aromatic nitrogens is 1. The summed E-state index contributed by atoms with van der Waals surface area (Å²) >= 11 is 0. The third-order valence-corrected chi connectivity index (χ3v) is 2.62. The van der Waals surface area contributed by atoms with Crippen molar-refractivity contribution in [2.24, 2.45) is 5.73 Å². The Morgan fingerprint density at radius 1 is 1.56 bits per heavy atom. The van der Waals surface area contributed by atoms with Crippen LogP contribution in [0.1, 0.15) is 6.92 Å². The molecule has 1 heterocycles. The number of nitrogens with zero attached hydrogens (tertiary/aromatic N) is 3. The molecule has 2 N–H and O–H groups in total. The van der Waals surface area contributed by atoms with Crippen molar-refractivity contribution in [3.05, 3.63) is 28.3 Å². The van der Waals surface area contributed by atoms with E-state index in [-0.39, 0.29) is 5.69 Å². The summed E-state index contributed by atoms with van der Waals surface area (Å²) in [6.45, 7) is 3.80. The van der Waals surface area contributed by atoms with Gasteiger partial charge in [-0.2, -0.15) is 4.98 Å². The van der Waals surface area contributed by atoms with Crippen molar-refractivity contribution in [2.75, 3.05) is 24.5 Å². The van der Waals surface area contributed by atoms with Gasteiger partial charge in [0.15, 0.2) is 5.58 Å². The van der Waals surface area contributed by atoms with Gasteiger partial charge in [0.25, 0.3) is 11.7 Å². The number of hydrogen-bond acceptors (Lipinski definition) is 6. The van der Waals surface area contributed by atoms with Crippen LogP contribution >= 0.6 is 0 Å². The van der Waals surface area contributed by atoms with Crippen LogP contribution in [-0.2, 0) is 0 Å². The van der Waals surface area contributed by atoms with Crippen molar-refractivity contribution in [2.45, 2.75) is 6.92 Å². The maximum absolute atomic E-state index is 10.7. The molecule has 0 radical (unpaired) electrons. The standard InChI is InChI=1S/C11H14N4O3/c1-2-14(6-5-12)11-13-9-4-3-8(15(16)17)7-10(9)18-11/h3-4,7H,2,5-6,12H2,1H3. The number of nitro groups is 1. The number of nitro benzene ring substituents is 1. The zero-order valence-electron chi connectivity index (χ0n) is 10.00. The molecule has 0 aliphatic carbocycles. The van der Waals surface area contributed by atoms with Crippen LogP contribution in [0.4, 0.5) is 11.7 Å². The van der Waals surface area contributed by atoms with Gasteiger partial charge in [0.05, 0.1) is 11.0 Å². The summed E-state index contributed by atoms with van der Waals surface area (Å²) < 4.78 is 5.52. The normalized spacial score (nSPS) is 10.8. The van der Waals surface area contributed by atoms with E-state index in [1.807, 2.05) is 11.8 Å². The number of rotatable bonds is 5. The Morgan fingerprint density at radius 3 is 2.94 bits per heavy atom. The van der Waals surface area contributed by atoms with Gasteiger partial charge in [-0.25, -0.2) is 0 Å². The first-order chi connectivity index (χ1) is 8.65. The summed E-state index contributed by atoms with van der Waals surface area (Å²) in [5.74, 6) is 0. The zero-order valence-corrected chi connectivity index (χ0v) is 10.00. The van der Waals surface area contributed by atoms with Crippen molar-refractivity contribution in [3.8, 4) is 0 Å². The fraction of sp³-hybridized carbons (Fsp3) is 0.364. The Labute approximate surface area is 103 Å². The van der Waals surface area contributed by atoms with E-state index in [4.69, 9.17) is 10.2 Å². The minimum Gasteiger partial charge on any atom is -0.423 e. The number of likely N-dealkylation sites (N-methyl/N-ethyl adjacent to an activating group) is 1. The van der Waals surface area contributed by atoms with Crippen LogP contribution in [0.25, 0.3) is 11.1 Å². The van der Waals surface area contributed by atoms with E-state index in [1.165, 1.54) is 12.1 Å². The van der Waals surface area contributed by atoms with E-state index in [0.717, 1.165) is 0 Å². The molecule has 7 heteroatoms. The summed E-state index contributed by atoms with van der Waals surface area (Å²) in [5.41, 5.74) is 6.51. The first-order valence-corrected chi connectivity index (χ1v) is 5.65. The van der Waals surface area contributed by atoms with Crippen LogP contribution in [0.3, 0.4) is 0 Å². The van der Waals surface area contributed by atoms with Gasteiger partial charge >= 0.3 is 0 Å². The molecule has 7 nitrogen and oxygen atoms in total. The Balaban J connectivity index is 2.40. The molecular formula is C11H14N4O3. The van der Waals surface area contributed by atoms with Gasteiger partial charge in [-0.15, -0.1) is 0 Å². The minimum atomic E-state index is -0.459. The lowest BCUT2D eigenvalue weighted by atomic mass is 10.3. The SMILES string of the molecule is CCN(CCN)c1nc2ccc([N+](=O)[O-])cc2o1. The molecule has 2 aromatic rings. The first-order valence-electron chi connectivity index (χ1n) is 5.65. The third kappa shape index (κ3) is 2.25. The number of anilines is 1. The van der Waals surface area contributed by atoms with E-state index < -0.39 is 4.92 Å². The van der Waals surface area contributed by atoms with Gasteiger partial charge in [-0.1, -0.05) is 0 Å². The number of non-ortho nitro benzene ring substituents is 1. The Kier molecular flexibility index (Phi) is 3.42. The monoisotopic (exact) mass is 250 g/mol. The number of benzene rings is 1. The van der Waals surface area contributed by atoms with E-state index in [0.29, 0.717) is 36.7 Å². The largest absolute Gasteiger partial charge is 0.423 e. The minimum absolute atomic E-state index is 0.00734. The van der Waals surface area contributed by atoms with Gasteiger partial charge in [0, 0.05) is 25.7 Å². The molecule has 0 spiro atoms. The van der Waals surface area contributed by atoms with E-state index >= 15 is 0 Å². The fourth-order valence-corrected chi connectivity index (χ4v) is 1.69. The van der Waals surface area contributed by atoms with Crippen molar-refractivity contribution >= 4 is 22.8 Å². The smallest absolute Gasteiger partial charge is 0.298 e. The molecule has 0 atom stereocenters. The zero-order chi connectivity index (χ0) is 13.1. The topological polar surface area (TPSA) is 98.4 Å². The highest BCUT2D eigenvalue weighted by molar-refractivity contribution is 5.77. The van der Waals surface area contributed by atoms with Crippen LogP contribution in [0.5, 0.6) is 0 Å². The van der Waals surface area contributed by atoms with Crippen LogP contribution in [0.15, 0.2) is 22.6 Å². The maximum atomic E-state index is 10.7. The Hall–Kier alpha value is -2.15. The van der Waals surface area contributed by atoms with Crippen LogP contribution < -0.4 is 10.6 Å². The average molecular weight is 250 g/mol. The summed E-state index contributed by atoms with van der Waals surface area (Å²) in [6, 6.07) is 4.81. The van der Waals surface area contributed by atoms with Crippen LogP contribution in [0.2, 0.25) is 0 Å². The van der Waals surface area contributed by atoms with Gasteiger partial charge in [0.1, 0.15) is 5.52 Å². The fourth-order valence-electron chi connectivity index (χ4n) is 1.69. The number of hydrogen-bond donors (Lipinski definition) is 1. The van der Waals surface area contributed by atoms with Crippen LogP contribution in [-0.4, -0.2) is 29.5 Å². The van der Waals surface area contributed by atoms with Gasteiger partial charge in [-0.3, -0.25) is 10.1 Å². The molecular weight excluding hydrogens is 236 g/mol. The van der Waals surface area contributed by atoms with E-state index in [2.05, 4.69) is 4.98 Å². The number of oxazole rings is 1. The van der Waals surface area contributed by atoms with E-state index in [9.17, 15) is 10.1 Å². The second kappa shape index (κ2) is 5.01. The molecule has 1 aromatic carbocycles. The number of fused-ring (bicyclic) bond motifs is 1. The van der Waals surface area contributed by atoms with Gasteiger partial charge in [0.2, 0.25) is 0 Å².